The zero-order valence-electron chi connectivity index (χ0n) is 17.1. The maximum atomic E-state index is 11.9. The van der Waals surface area contributed by atoms with Gasteiger partial charge in [-0.1, -0.05) is 32.9 Å². The Bertz CT molecular complexity index is 843. The van der Waals surface area contributed by atoms with Gasteiger partial charge >= 0.3 is 5.69 Å². The van der Waals surface area contributed by atoms with Gasteiger partial charge in [0.2, 0.25) is 0 Å². The average molecular weight is 402 g/mol. The summed E-state index contributed by atoms with van der Waals surface area (Å²) in [4.78, 5) is 22.4. The number of nitrogens with one attached hydrogen (secondary N) is 1. The van der Waals surface area contributed by atoms with E-state index < -0.39 is 10.8 Å². The molecule has 0 bridgehead atoms. The van der Waals surface area contributed by atoms with E-state index >= 15 is 0 Å². The van der Waals surface area contributed by atoms with E-state index in [4.69, 9.17) is 14.2 Å². The Balaban J connectivity index is 1.76. The van der Waals surface area contributed by atoms with Crippen LogP contribution >= 0.6 is 0 Å². The Kier molecular flexibility index (Phi) is 7.41. The molecule has 0 aliphatic rings. The maximum absolute atomic E-state index is 11.9. The summed E-state index contributed by atoms with van der Waals surface area (Å²) in [7, 11) is 1.41. The van der Waals surface area contributed by atoms with Crippen LogP contribution in [0.5, 0.6) is 17.2 Å². The van der Waals surface area contributed by atoms with Crippen molar-refractivity contribution < 1.29 is 23.9 Å². The van der Waals surface area contributed by atoms with Gasteiger partial charge < -0.3 is 19.5 Å². The molecular formula is C21H26N2O6. The summed E-state index contributed by atoms with van der Waals surface area (Å²) in [5.41, 5.74) is 1.02. The molecule has 2 aromatic carbocycles. The molecule has 2 aromatic rings. The lowest BCUT2D eigenvalue weighted by Gasteiger charge is -2.19. The standard InChI is InChI=1S/C21H26N2O6/c1-21(2,3)15-5-7-16(8-6-15)28-12-11-22-20(24)14-29-19-10-9-17(27-4)13-18(19)23(25)26/h5-10,13H,11-12,14H2,1-4H3,(H,22,24). The number of hydrogen-bond acceptors (Lipinski definition) is 6. The SMILES string of the molecule is COc1ccc(OCC(=O)NCCOc2ccc(C(C)(C)C)cc2)c([N+](=O)[O-])c1. The minimum atomic E-state index is -0.589. The van der Waals surface area contributed by atoms with Gasteiger partial charge in [-0.15, -0.1) is 0 Å². The zero-order chi connectivity index (χ0) is 21.4. The van der Waals surface area contributed by atoms with Crippen molar-refractivity contribution in [1.29, 1.82) is 0 Å². The molecule has 0 saturated carbocycles. The fraction of sp³-hybridized carbons (Fsp3) is 0.381. The van der Waals surface area contributed by atoms with Crippen LogP contribution in [0.1, 0.15) is 26.3 Å². The third-order valence-corrected chi connectivity index (χ3v) is 4.13. The zero-order valence-corrected chi connectivity index (χ0v) is 17.1. The summed E-state index contributed by atoms with van der Waals surface area (Å²) < 4.78 is 15.8. The predicted octanol–water partition coefficient (Wildman–Crippen LogP) is 3.47. The number of benzene rings is 2. The third kappa shape index (κ3) is 6.67. The normalized spacial score (nSPS) is 10.9. The van der Waals surface area contributed by atoms with Crippen LogP contribution in [0, 0.1) is 10.1 Å². The maximum Gasteiger partial charge on any atom is 0.314 e. The van der Waals surface area contributed by atoms with Gasteiger partial charge in [-0.05, 0) is 35.2 Å². The van der Waals surface area contributed by atoms with Crippen molar-refractivity contribution in [2.45, 2.75) is 26.2 Å². The predicted molar refractivity (Wildman–Crippen MR) is 109 cm³/mol. The van der Waals surface area contributed by atoms with Crippen LogP contribution in [0.4, 0.5) is 5.69 Å². The first-order valence-corrected chi connectivity index (χ1v) is 9.16. The van der Waals surface area contributed by atoms with Gasteiger partial charge in [0.15, 0.2) is 12.4 Å². The molecule has 29 heavy (non-hydrogen) atoms. The molecule has 2 rings (SSSR count). The highest BCUT2D eigenvalue weighted by atomic mass is 16.6. The van der Waals surface area contributed by atoms with Gasteiger partial charge in [0.25, 0.3) is 5.91 Å². The summed E-state index contributed by atoms with van der Waals surface area (Å²) >= 11 is 0. The van der Waals surface area contributed by atoms with E-state index in [-0.39, 0.29) is 30.0 Å². The second-order valence-electron chi connectivity index (χ2n) is 7.35. The van der Waals surface area contributed by atoms with Crippen molar-refractivity contribution >= 4 is 11.6 Å². The van der Waals surface area contributed by atoms with Crippen molar-refractivity contribution in [3.05, 3.63) is 58.1 Å². The number of hydrogen-bond donors (Lipinski definition) is 1. The van der Waals surface area contributed by atoms with Crippen LogP contribution < -0.4 is 19.5 Å². The van der Waals surface area contributed by atoms with Crippen molar-refractivity contribution in [3.63, 3.8) is 0 Å². The Morgan fingerprint density at radius 2 is 1.72 bits per heavy atom. The van der Waals surface area contributed by atoms with E-state index in [0.717, 1.165) is 5.75 Å². The number of rotatable bonds is 9. The number of carbonyl (C=O) groups excluding carboxylic acids is 1. The fourth-order valence-corrected chi connectivity index (χ4v) is 2.49. The molecule has 8 nitrogen and oxygen atoms in total. The summed E-state index contributed by atoms with van der Waals surface area (Å²) in [6.45, 7) is 6.66. The summed E-state index contributed by atoms with van der Waals surface area (Å²) in [5.74, 6) is 0.654. The number of methoxy groups -OCH3 is 1. The molecule has 0 aliphatic heterocycles. The number of nitro benzene ring substituents is 1. The first kappa shape index (κ1) is 22.0. The van der Waals surface area contributed by atoms with E-state index in [1.807, 2.05) is 24.3 Å². The van der Waals surface area contributed by atoms with Crippen molar-refractivity contribution in [3.8, 4) is 17.2 Å². The molecular weight excluding hydrogens is 376 g/mol. The van der Waals surface area contributed by atoms with Gasteiger partial charge in [-0.2, -0.15) is 0 Å². The van der Waals surface area contributed by atoms with Crippen molar-refractivity contribution in [2.24, 2.45) is 0 Å². The number of ether oxygens (including phenoxy) is 3. The minimum Gasteiger partial charge on any atom is -0.496 e. The highest BCUT2D eigenvalue weighted by Crippen LogP contribution is 2.30. The number of carbonyl (C=O) groups is 1. The fourth-order valence-electron chi connectivity index (χ4n) is 2.49. The molecule has 156 valence electrons. The molecule has 0 aliphatic carbocycles. The third-order valence-electron chi connectivity index (χ3n) is 4.13. The lowest BCUT2D eigenvalue weighted by atomic mass is 9.87. The van der Waals surface area contributed by atoms with E-state index in [1.54, 1.807) is 0 Å². The molecule has 8 heteroatoms. The first-order chi connectivity index (χ1) is 13.7. The highest BCUT2D eigenvalue weighted by Gasteiger charge is 2.17. The van der Waals surface area contributed by atoms with Crippen LogP contribution in [0.3, 0.4) is 0 Å². The lowest BCUT2D eigenvalue weighted by Crippen LogP contribution is -2.32. The number of amides is 1. The smallest absolute Gasteiger partial charge is 0.314 e. The summed E-state index contributed by atoms with van der Waals surface area (Å²) in [6.07, 6.45) is 0. The molecule has 1 amide bonds. The van der Waals surface area contributed by atoms with E-state index in [1.165, 1.54) is 30.9 Å². The molecule has 0 atom stereocenters. The van der Waals surface area contributed by atoms with Crippen molar-refractivity contribution in [1.82, 2.24) is 5.32 Å². The lowest BCUT2D eigenvalue weighted by molar-refractivity contribution is -0.385. The second-order valence-corrected chi connectivity index (χ2v) is 7.35. The number of nitro groups is 1. The minimum absolute atomic E-state index is 0.00105. The van der Waals surface area contributed by atoms with Gasteiger partial charge in [-0.25, -0.2) is 0 Å². The summed E-state index contributed by atoms with van der Waals surface area (Å²) in [5, 5.41) is 13.8. The molecule has 0 aromatic heterocycles. The van der Waals surface area contributed by atoms with Crippen LogP contribution in [0.15, 0.2) is 42.5 Å². The monoisotopic (exact) mass is 402 g/mol. The molecule has 0 radical (unpaired) electrons. The van der Waals surface area contributed by atoms with Crippen LogP contribution in [-0.4, -0.2) is 37.7 Å². The van der Waals surface area contributed by atoms with E-state index in [2.05, 4.69) is 26.1 Å². The first-order valence-electron chi connectivity index (χ1n) is 9.16. The van der Waals surface area contributed by atoms with Gasteiger partial charge in [0, 0.05) is 0 Å². The molecule has 0 saturated heterocycles. The van der Waals surface area contributed by atoms with Crippen LogP contribution in [0.25, 0.3) is 0 Å². The van der Waals surface area contributed by atoms with E-state index in [9.17, 15) is 14.9 Å². The Labute approximate surface area is 169 Å². The van der Waals surface area contributed by atoms with Crippen LogP contribution in [0.2, 0.25) is 0 Å². The molecule has 1 N–H and O–H groups in total. The van der Waals surface area contributed by atoms with Gasteiger partial charge in [-0.3, -0.25) is 14.9 Å². The van der Waals surface area contributed by atoms with E-state index in [0.29, 0.717) is 12.4 Å². The Morgan fingerprint density at radius 3 is 2.31 bits per heavy atom. The topological polar surface area (TPSA) is 99.9 Å². The molecule has 0 unspecified atom stereocenters. The summed E-state index contributed by atoms with van der Waals surface area (Å²) in [6, 6.07) is 12.0. The second kappa shape index (κ2) is 9.77. The Morgan fingerprint density at radius 1 is 1.07 bits per heavy atom. The van der Waals surface area contributed by atoms with Crippen molar-refractivity contribution in [2.75, 3.05) is 26.9 Å². The molecule has 0 heterocycles. The Hall–Kier alpha value is -3.29. The average Bonchev–Trinajstić information content (AvgIpc) is 2.69. The molecule has 0 fully saturated rings. The van der Waals surface area contributed by atoms with Crippen LogP contribution in [-0.2, 0) is 10.2 Å². The van der Waals surface area contributed by atoms with Gasteiger partial charge in [0.1, 0.15) is 18.1 Å². The molecule has 0 spiro atoms. The quantitative estimate of drug-likeness (QED) is 0.392. The van der Waals surface area contributed by atoms with Gasteiger partial charge in [0.05, 0.1) is 24.6 Å². The number of nitrogens with zero attached hydrogens (tertiary/aromatic N) is 1. The largest absolute Gasteiger partial charge is 0.496 e. The highest BCUT2D eigenvalue weighted by molar-refractivity contribution is 5.77.